The molecule has 1 unspecified atom stereocenters. The SMILES string of the molecule is CN1CCc2c[c]ccc2C1C(N)=O. The Morgan fingerprint density at radius 2 is 2.50 bits per heavy atom. The third-order valence-electron chi connectivity index (χ3n) is 2.73. The first-order chi connectivity index (χ1) is 6.70. The van der Waals surface area contributed by atoms with Crippen molar-refractivity contribution in [2.24, 2.45) is 5.73 Å². The van der Waals surface area contributed by atoms with Crippen LogP contribution in [0, 0.1) is 6.07 Å². The largest absolute Gasteiger partial charge is 0.368 e. The molecule has 1 radical (unpaired) electrons. The van der Waals surface area contributed by atoms with Crippen LogP contribution in [0.5, 0.6) is 0 Å². The maximum absolute atomic E-state index is 11.3. The third kappa shape index (κ3) is 1.40. The highest BCUT2D eigenvalue weighted by molar-refractivity contribution is 5.82. The Bertz CT molecular complexity index is 362. The van der Waals surface area contributed by atoms with Crippen molar-refractivity contribution in [2.45, 2.75) is 12.5 Å². The van der Waals surface area contributed by atoms with Crippen LogP contribution in [0.25, 0.3) is 0 Å². The van der Waals surface area contributed by atoms with Gasteiger partial charge in [0, 0.05) is 6.54 Å². The predicted octanol–water partition coefficient (Wildman–Crippen LogP) is 0.501. The molecule has 0 bridgehead atoms. The molecule has 3 nitrogen and oxygen atoms in total. The first-order valence-electron chi connectivity index (χ1n) is 4.68. The van der Waals surface area contributed by atoms with Crippen LogP contribution < -0.4 is 5.73 Å². The highest BCUT2D eigenvalue weighted by Crippen LogP contribution is 2.27. The summed E-state index contributed by atoms with van der Waals surface area (Å²) in [6.07, 6.45) is 0.965. The lowest BCUT2D eigenvalue weighted by atomic mass is 9.93. The second-order valence-corrected chi connectivity index (χ2v) is 3.66. The normalized spacial score (nSPS) is 21.6. The van der Waals surface area contributed by atoms with Crippen LogP contribution in [0.15, 0.2) is 18.2 Å². The molecular formula is C11H13N2O. The Hall–Kier alpha value is -1.35. The molecule has 2 rings (SSSR count). The molecule has 1 heterocycles. The smallest absolute Gasteiger partial charge is 0.239 e. The molecule has 0 aromatic heterocycles. The molecule has 0 aliphatic carbocycles. The van der Waals surface area contributed by atoms with E-state index >= 15 is 0 Å². The molecule has 3 heteroatoms. The van der Waals surface area contributed by atoms with E-state index < -0.39 is 0 Å². The molecule has 14 heavy (non-hydrogen) atoms. The van der Waals surface area contributed by atoms with Crippen molar-refractivity contribution in [1.29, 1.82) is 0 Å². The van der Waals surface area contributed by atoms with Gasteiger partial charge in [0.2, 0.25) is 5.91 Å². The van der Waals surface area contributed by atoms with Gasteiger partial charge in [0.05, 0.1) is 0 Å². The lowest BCUT2D eigenvalue weighted by Gasteiger charge is -2.32. The fourth-order valence-electron chi connectivity index (χ4n) is 1.99. The Labute approximate surface area is 83.5 Å². The first-order valence-corrected chi connectivity index (χ1v) is 4.68. The number of carbonyl (C=O) groups excluding carboxylic acids is 1. The molecule has 1 amide bonds. The zero-order chi connectivity index (χ0) is 10.1. The summed E-state index contributed by atoms with van der Waals surface area (Å²) in [6.45, 7) is 0.873. The fourth-order valence-corrected chi connectivity index (χ4v) is 1.99. The highest BCUT2D eigenvalue weighted by atomic mass is 16.1. The standard InChI is InChI=1S/C11H13N2O/c1-13-7-6-8-4-2-3-5-9(8)10(13)11(12)14/h3-5,10H,6-7H2,1H3,(H2,12,14). The van der Waals surface area contributed by atoms with Gasteiger partial charge in [-0.05, 0) is 30.7 Å². The summed E-state index contributed by atoms with van der Waals surface area (Å²) < 4.78 is 0. The van der Waals surface area contributed by atoms with E-state index in [4.69, 9.17) is 5.73 Å². The minimum Gasteiger partial charge on any atom is -0.368 e. The third-order valence-corrected chi connectivity index (χ3v) is 2.73. The maximum Gasteiger partial charge on any atom is 0.239 e. The quantitative estimate of drug-likeness (QED) is 0.699. The summed E-state index contributed by atoms with van der Waals surface area (Å²) in [6, 6.07) is 8.46. The summed E-state index contributed by atoms with van der Waals surface area (Å²) in [7, 11) is 1.93. The molecular weight excluding hydrogens is 176 g/mol. The summed E-state index contributed by atoms with van der Waals surface area (Å²) in [5.74, 6) is -0.278. The van der Waals surface area contributed by atoms with Crippen LogP contribution in [0.1, 0.15) is 17.2 Å². The van der Waals surface area contributed by atoms with Crippen LogP contribution in [0.3, 0.4) is 0 Å². The molecule has 1 aliphatic heterocycles. The van der Waals surface area contributed by atoms with Gasteiger partial charge in [-0.25, -0.2) is 0 Å². The van der Waals surface area contributed by atoms with Crippen molar-refractivity contribution < 1.29 is 4.79 Å². The average Bonchev–Trinajstić information content (AvgIpc) is 2.17. The highest BCUT2D eigenvalue weighted by Gasteiger charge is 2.28. The van der Waals surface area contributed by atoms with E-state index in [0.717, 1.165) is 18.5 Å². The molecule has 0 saturated heterocycles. The van der Waals surface area contributed by atoms with Gasteiger partial charge >= 0.3 is 0 Å². The first kappa shape index (κ1) is 9.21. The van der Waals surface area contributed by atoms with Crippen molar-refractivity contribution in [1.82, 2.24) is 4.90 Å². The van der Waals surface area contributed by atoms with E-state index in [1.807, 2.05) is 30.1 Å². The fraction of sp³-hybridized carbons (Fsp3) is 0.364. The van der Waals surface area contributed by atoms with Crippen molar-refractivity contribution >= 4 is 5.91 Å². The zero-order valence-electron chi connectivity index (χ0n) is 8.16. The van der Waals surface area contributed by atoms with E-state index in [2.05, 4.69) is 6.07 Å². The van der Waals surface area contributed by atoms with Crippen molar-refractivity contribution in [3.05, 3.63) is 35.4 Å². The number of primary amides is 1. The number of nitrogens with zero attached hydrogens (tertiary/aromatic N) is 1. The summed E-state index contributed by atoms with van der Waals surface area (Å²) in [4.78, 5) is 13.3. The number of nitrogens with two attached hydrogens (primary N) is 1. The van der Waals surface area contributed by atoms with Gasteiger partial charge in [0.15, 0.2) is 0 Å². The second-order valence-electron chi connectivity index (χ2n) is 3.66. The number of rotatable bonds is 1. The lowest BCUT2D eigenvalue weighted by molar-refractivity contribution is -0.123. The minimum absolute atomic E-state index is 0.270. The van der Waals surface area contributed by atoms with Gasteiger partial charge in [0.1, 0.15) is 6.04 Å². The van der Waals surface area contributed by atoms with E-state index in [-0.39, 0.29) is 11.9 Å². The van der Waals surface area contributed by atoms with Crippen LogP contribution >= 0.6 is 0 Å². The number of amides is 1. The number of benzene rings is 1. The van der Waals surface area contributed by atoms with E-state index in [1.165, 1.54) is 5.56 Å². The Morgan fingerprint density at radius 3 is 3.21 bits per heavy atom. The molecule has 2 N–H and O–H groups in total. The Kier molecular flexibility index (Phi) is 2.25. The number of likely N-dealkylation sites (N-methyl/N-ethyl adjacent to an activating group) is 1. The zero-order valence-corrected chi connectivity index (χ0v) is 8.16. The Balaban J connectivity index is 2.46. The lowest BCUT2D eigenvalue weighted by Crippen LogP contribution is -2.40. The van der Waals surface area contributed by atoms with Gasteiger partial charge in [-0.15, -0.1) is 0 Å². The topological polar surface area (TPSA) is 46.3 Å². The van der Waals surface area contributed by atoms with Gasteiger partial charge in [-0.1, -0.05) is 18.2 Å². The molecule has 0 fully saturated rings. The van der Waals surface area contributed by atoms with Crippen LogP contribution in [-0.2, 0) is 11.2 Å². The molecule has 0 saturated carbocycles. The predicted molar refractivity (Wildman–Crippen MR) is 53.5 cm³/mol. The monoisotopic (exact) mass is 189 g/mol. The average molecular weight is 189 g/mol. The molecule has 1 aromatic carbocycles. The van der Waals surface area contributed by atoms with Crippen LogP contribution in [0.2, 0.25) is 0 Å². The van der Waals surface area contributed by atoms with Crippen molar-refractivity contribution in [3.8, 4) is 0 Å². The molecule has 1 aromatic rings. The van der Waals surface area contributed by atoms with E-state index in [0.29, 0.717) is 0 Å². The van der Waals surface area contributed by atoms with E-state index in [9.17, 15) is 4.79 Å². The van der Waals surface area contributed by atoms with Gasteiger partial charge in [-0.2, -0.15) is 0 Å². The minimum atomic E-state index is -0.278. The maximum atomic E-state index is 11.3. The number of hydrogen-bond donors (Lipinski definition) is 1. The number of carbonyl (C=O) groups is 1. The number of hydrogen-bond acceptors (Lipinski definition) is 2. The van der Waals surface area contributed by atoms with Gasteiger partial charge in [-0.3, -0.25) is 9.69 Å². The Morgan fingerprint density at radius 1 is 1.71 bits per heavy atom. The summed E-state index contributed by atoms with van der Waals surface area (Å²) >= 11 is 0. The molecule has 73 valence electrons. The number of fused-ring (bicyclic) bond motifs is 1. The summed E-state index contributed by atoms with van der Waals surface area (Å²) in [5.41, 5.74) is 7.60. The van der Waals surface area contributed by atoms with Crippen LogP contribution in [0.4, 0.5) is 0 Å². The molecule has 1 atom stereocenters. The van der Waals surface area contributed by atoms with Gasteiger partial charge in [0.25, 0.3) is 0 Å². The van der Waals surface area contributed by atoms with Crippen molar-refractivity contribution in [2.75, 3.05) is 13.6 Å². The molecule has 1 aliphatic rings. The molecule has 0 spiro atoms. The summed E-state index contributed by atoms with van der Waals surface area (Å²) in [5, 5.41) is 0. The van der Waals surface area contributed by atoms with Crippen molar-refractivity contribution in [3.63, 3.8) is 0 Å². The second kappa shape index (κ2) is 3.42. The van der Waals surface area contributed by atoms with Crippen LogP contribution in [-0.4, -0.2) is 24.4 Å². The van der Waals surface area contributed by atoms with Gasteiger partial charge < -0.3 is 5.73 Å². The van der Waals surface area contributed by atoms with E-state index in [1.54, 1.807) is 0 Å².